The number of aromatic nitrogens is 3. The molecule has 3 aromatic rings. The molecule has 29 heavy (non-hydrogen) atoms. The molecule has 8 nitrogen and oxygen atoms in total. The van der Waals surface area contributed by atoms with E-state index < -0.39 is 15.9 Å². The fraction of sp³-hybridized carbons (Fsp3) is 0.316. The molecule has 0 aliphatic carbocycles. The Balaban J connectivity index is 1.50. The van der Waals surface area contributed by atoms with Crippen LogP contribution in [-0.2, 0) is 14.8 Å². The second kappa shape index (κ2) is 8.05. The van der Waals surface area contributed by atoms with Gasteiger partial charge in [0.1, 0.15) is 4.21 Å². The topological polar surface area (TPSA) is 97.2 Å². The number of hydrogen-bond donors (Lipinski definition) is 1. The number of piperidine rings is 1. The lowest BCUT2D eigenvalue weighted by Crippen LogP contribution is -2.43. The molecule has 0 bridgehead atoms. The zero-order valence-electron chi connectivity index (χ0n) is 15.9. The summed E-state index contributed by atoms with van der Waals surface area (Å²) in [4.78, 5) is 13.9. The summed E-state index contributed by atoms with van der Waals surface area (Å²) in [6.07, 6.45) is 4.55. The van der Waals surface area contributed by atoms with Gasteiger partial charge in [0.2, 0.25) is 5.91 Å². The summed E-state index contributed by atoms with van der Waals surface area (Å²) in [5.74, 6) is -0.608. The molecule has 1 saturated heterocycles. The first kappa shape index (κ1) is 19.7. The van der Waals surface area contributed by atoms with E-state index in [1.807, 2.05) is 25.1 Å². The van der Waals surface area contributed by atoms with Crippen molar-refractivity contribution in [1.82, 2.24) is 19.3 Å². The number of amides is 1. The number of nitrogens with one attached hydrogen (secondary N) is 1. The van der Waals surface area contributed by atoms with Crippen LogP contribution in [0, 0.1) is 12.8 Å². The van der Waals surface area contributed by atoms with Gasteiger partial charge in [-0.05, 0) is 44.0 Å². The Morgan fingerprint density at radius 3 is 2.79 bits per heavy atom. The zero-order valence-corrected chi connectivity index (χ0v) is 17.5. The van der Waals surface area contributed by atoms with Gasteiger partial charge in [-0.2, -0.15) is 4.31 Å². The molecular weight excluding hydrogens is 410 g/mol. The van der Waals surface area contributed by atoms with Crippen LogP contribution in [0.15, 0.2) is 53.0 Å². The minimum Gasteiger partial charge on any atom is -0.324 e. The van der Waals surface area contributed by atoms with Crippen molar-refractivity contribution in [2.24, 2.45) is 5.92 Å². The molecule has 1 amide bonds. The number of carbonyl (C=O) groups is 1. The van der Waals surface area contributed by atoms with Crippen LogP contribution >= 0.6 is 11.3 Å². The van der Waals surface area contributed by atoms with Crippen molar-refractivity contribution in [3.63, 3.8) is 0 Å². The number of rotatable bonds is 5. The number of benzene rings is 1. The summed E-state index contributed by atoms with van der Waals surface area (Å²) in [5.41, 5.74) is 1.31. The predicted molar refractivity (Wildman–Crippen MR) is 111 cm³/mol. The van der Waals surface area contributed by atoms with Gasteiger partial charge in [0.25, 0.3) is 10.0 Å². The molecule has 1 aliphatic heterocycles. The normalized spacial score (nSPS) is 17.9. The Morgan fingerprint density at radius 1 is 1.24 bits per heavy atom. The number of thiophene rings is 1. The van der Waals surface area contributed by atoms with Gasteiger partial charge in [-0.1, -0.05) is 17.3 Å². The van der Waals surface area contributed by atoms with Crippen molar-refractivity contribution in [3.8, 4) is 5.69 Å². The number of carbonyl (C=O) groups excluding carboxylic acids is 1. The van der Waals surface area contributed by atoms with Crippen molar-refractivity contribution in [3.05, 3.63) is 53.7 Å². The van der Waals surface area contributed by atoms with Gasteiger partial charge in [-0.25, -0.2) is 13.1 Å². The van der Waals surface area contributed by atoms with E-state index in [2.05, 4.69) is 15.6 Å². The molecule has 4 rings (SSSR count). The van der Waals surface area contributed by atoms with E-state index in [1.165, 1.54) is 15.6 Å². The largest absolute Gasteiger partial charge is 0.324 e. The third-order valence-electron chi connectivity index (χ3n) is 4.90. The van der Waals surface area contributed by atoms with Crippen molar-refractivity contribution in [2.75, 3.05) is 18.4 Å². The number of hydrogen-bond acceptors (Lipinski definition) is 6. The highest BCUT2D eigenvalue weighted by Gasteiger charge is 2.34. The summed E-state index contributed by atoms with van der Waals surface area (Å²) in [7, 11) is -3.57. The van der Waals surface area contributed by atoms with Crippen molar-refractivity contribution >= 4 is 33.0 Å². The molecule has 2 aromatic heterocycles. The van der Waals surface area contributed by atoms with E-state index in [9.17, 15) is 13.2 Å². The van der Waals surface area contributed by atoms with Gasteiger partial charge in [-0.15, -0.1) is 16.4 Å². The van der Waals surface area contributed by atoms with Gasteiger partial charge < -0.3 is 5.32 Å². The number of aryl methyl sites for hydroxylation is 1. The van der Waals surface area contributed by atoms with E-state index >= 15 is 0 Å². The highest BCUT2D eigenvalue weighted by molar-refractivity contribution is 7.91. The molecule has 0 spiro atoms. The lowest BCUT2D eigenvalue weighted by atomic mass is 9.98. The minimum absolute atomic E-state index is 0.177. The molecule has 1 unspecified atom stereocenters. The van der Waals surface area contributed by atoms with Crippen LogP contribution in [0.25, 0.3) is 5.69 Å². The third kappa shape index (κ3) is 4.09. The number of nitrogens with zero attached hydrogens (tertiary/aromatic N) is 4. The van der Waals surface area contributed by atoms with Crippen molar-refractivity contribution in [2.45, 2.75) is 24.0 Å². The van der Waals surface area contributed by atoms with Crippen LogP contribution in [0.3, 0.4) is 0 Å². The molecule has 0 radical (unpaired) electrons. The summed E-state index contributed by atoms with van der Waals surface area (Å²) in [5, 5.41) is 10.7. The molecule has 1 aliphatic rings. The molecule has 152 valence electrons. The van der Waals surface area contributed by atoms with Crippen LogP contribution in [0.4, 0.5) is 5.69 Å². The average molecular weight is 432 g/mol. The Kier molecular flexibility index (Phi) is 5.48. The Morgan fingerprint density at radius 2 is 2.07 bits per heavy atom. The number of anilines is 1. The Labute approximate surface area is 173 Å². The summed E-state index contributed by atoms with van der Waals surface area (Å²) in [6.45, 7) is 2.48. The van der Waals surface area contributed by atoms with Crippen molar-refractivity contribution < 1.29 is 13.2 Å². The van der Waals surface area contributed by atoms with Gasteiger partial charge >= 0.3 is 0 Å². The van der Waals surface area contributed by atoms with E-state index in [-0.39, 0.29) is 12.5 Å². The number of para-hydroxylation sites is 2. The monoisotopic (exact) mass is 431 g/mol. The molecule has 1 fully saturated rings. The molecule has 1 aromatic carbocycles. The van der Waals surface area contributed by atoms with E-state index in [4.69, 9.17) is 0 Å². The molecule has 3 heterocycles. The Hall–Kier alpha value is -2.56. The van der Waals surface area contributed by atoms with E-state index in [1.54, 1.807) is 35.3 Å². The predicted octanol–water partition coefficient (Wildman–Crippen LogP) is 2.68. The van der Waals surface area contributed by atoms with E-state index in [0.29, 0.717) is 35.0 Å². The van der Waals surface area contributed by atoms with Gasteiger partial charge in [0.15, 0.2) is 0 Å². The van der Waals surface area contributed by atoms with Crippen LogP contribution in [0.5, 0.6) is 0 Å². The molecular formula is C19H21N5O3S2. The van der Waals surface area contributed by atoms with Crippen LogP contribution in [0.1, 0.15) is 17.7 Å². The van der Waals surface area contributed by atoms with Crippen LogP contribution in [0.2, 0.25) is 0 Å². The molecule has 1 atom stereocenters. The summed E-state index contributed by atoms with van der Waals surface area (Å²) >= 11 is 1.26. The molecule has 10 heteroatoms. The fourth-order valence-electron chi connectivity index (χ4n) is 3.40. The summed E-state index contributed by atoms with van der Waals surface area (Å²) < 4.78 is 29.2. The smallest absolute Gasteiger partial charge is 0.252 e. The first-order valence-electron chi connectivity index (χ1n) is 9.28. The lowest BCUT2D eigenvalue weighted by Gasteiger charge is -2.31. The van der Waals surface area contributed by atoms with Crippen LogP contribution in [-0.4, -0.2) is 46.7 Å². The third-order valence-corrected chi connectivity index (χ3v) is 8.23. The van der Waals surface area contributed by atoms with Crippen LogP contribution < -0.4 is 5.32 Å². The maximum absolute atomic E-state index is 12.9. The maximum Gasteiger partial charge on any atom is 0.252 e. The SMILES string of the molecule is Cc1ccc(S(=O)(=O)N2CCCC(C(=O)Nc3ccccc3-n3ccnn3)C2)s1. The quantitative estimate of drug-likeness (QED) is 0.670. The zero-order chi connectivity index (χ0) is 20.4. The van der Waals surface area contributed by atoms with Gasteiger partial charge in [-0.3, -0.25) is 4.79 Å². The second-order valence-electron chi connectivity index (χ2n) is 6.92. The van der Waals surface area contributed by atoms with Gasteiger partial charge in [0, 0.05) is 18.0 Å². The van der Waals surface area contributed by atoms with Gasteiger partial charge in [0.05, 0.1) is 29.7 Å². The fourth-order valence-corrected chi connectivity index (χ4v) is 6.36. The number of sulfonamides is 1. The first-order valence-corrected chi connectivity index (χ1v) is 11.5. The van der Waals surface area contributed by atoms with Crippen molar-refractivity contribution in [1.29, 1.82) is 0 Å². The highest BCUT2D eigenvalue weighted by Crippen LogP contribution is 2.29. The minimum atomic E-state index is -3.57. The molecule has 0 saturated carbocycles. The summed E-state index contributed by atoms with van der Waals surface area (Å²) in [6, 6.07) is 10.7. The average Bonchev–Trinajstić information content (AvgIpc) is 3.41. The first-order chi connectivity index (χ1) is 13.9. The Bertz CT molecular complexity index is 1110. The highest BCUT2D eigenvalue weighted by atomic mass is 32.2. The molecule has 1 N–H and O–H groups in total. The standard InChI is InChI=1S/C19H21N5O3S2/c1-14-8-9-18(28-14)29(26,27)23-11-4-5-15(13-23)19(25)21-16-6-2-3-7-17(16)24-12-10-20-22-24/h2-3,6-10,12,15H,4-5,11,13H2,1H3,(H,21,25). The lowest BCUT2D eigenvalue weighted by molar-refractivity contribution is -0.120. The maximum atomic E-state index is 12.9. The van der Waals surface area contributed by atoms with E-state index in [0.717, 1.165) is 4.88 Å². The second-order valence-corrected chi connectivity index (χ2v) is 10.4.